The number of hydrogen-bond donors (Lipinski definition) is 2. The van der Waals surface area contributed by atoms with Gasteiger partial charge in [0.15, 0.2) is 11.6 Å². The summed E-state index contributed by atoms with van der Waals surface area (Å²) in [4.78, 5) is -0.105. The zero-order valence-electron chi connectivity index (χ0n) is 13.9. The molecule has 136 valence electrons. The summed E-state index contributed by atoms with van der Waals surface area (Å²) in [5, 5.41) is 3.09. The van der Waals surface area contributed by atoms with Crippen molar-refractivity contribution in [3.63, 3.8) is 0 Å². The van der Waals surface area contributed by atoms with Crippen LogP contribution in [0.1, 0.15) is 19.8 Å². The predicted octanol–water partition coefficient (Wildman–Crippen LogP) is 1.52. The number of ether oxygens (including phenoxy) is 2. The Hall–Kier alpha value is -1.22. The van der Waals surface area contributed by atoms with E-state index in [1.807, 2.05) is 6.92 Å². The maximum absolute atomic E-state index is 14.1. The largest absolute Gasteiger partial charge is 0.490 e. The molecule has 0 aliphatic carbocycles. The van der Waals surface area contributed by atoms with Gasteiger partial charge in [0.1, 0.15) is 0 Å². The molecule has 6 nitrogen and oxygen atoms in total. The molecule has 2 rings (SSSR count). The third-order valence-corrected chi connectivity index (χ3v) is 5.19. The van der Waals surface area contributed by atoms with Gasteiger partial charge in [0.2, 0.25) is 10.0 Å². The van der Waals surface area contributed by atoms with Gasteiger partial charge < -0.3 is 14.8 Å². The van der Waals surface area contributed by atoms with Crippen molar-refractivity contribution in [1.29, 1.82) is 0 Å². The molecule has 1 saturated heterocycles. The standard InChI is InChI=1S/C16H25FN2O4S/c1-2-6-18-7-8-19-24(20,21)14-3-4-16(15(17)10-14)23-12-13-5-9-22-11-13/h3-4,10,13,18-19H,2,5-9,11-12H2,1H3. The topological polar surface area (TPSA) is 76.7 Å². The molecule has 0 bridgehead atoms. The molecule has 1 aromatic carbocycles. The summed E-state index contributed by atoms with van der Waals surface area (Å²) in [5.74, 6) is -0.364. The number of hydrogen-bond acceptors (Lipinski definition) is 5. The first-order chi connectivity index (χ1) is 11.5. The van der Waals surface area contributed by atoms with Crippen LogP contribution in [0.4, 0.5) is 4.39 Å². The van der Waals surface area contributed by atoms with Crippen molar-refractivity contribution in [1.82, 2.24) is 10.0 Å². The molecule has 1 aliphatic rings. The van der Waals surface area contributed by atoms with Crippen molar-refractivity contribution in [3.8, 4) is 5.75 Å². The zero-order chi connectivity index (χ0) is 17.4. The van der Waals surface area contributed by atoms with Crippen molar-refractivity contribution >= 4 is 10.0 Å². The molecule has 1 fully saturated rings. The highest BCUT2D eigenvalue weighted by atomic mass is 32.2. The molecular formula is C16H25FN2O4S. The van der Waals surface area contributed by atoms with Crippen LogP contribution in [-0.2, 0) is 14.8 Å². The van der Waals surface area contributed by atoms with Gasteiger partial charge in [-0.15, -0.1) is 0 Å². The Morgan fingerprint density at radius 1 is 1.33 bits per heavy atom. The van der Waals surface area contributed by atoms with Crippen molar-refractivity contribution in [2.24, 2.45) is 5.92 Å². The van der Waals surface area contributed by atoms with Gasteiger partial charge in [0.25, 0.3) is 0 Å². The Morgan fingerprint density at radius 2 is 2.17 bits per heavy atom. The van der Waals surface area contributed by atoms with Crippen LogP contribution in [0.15, 0.2) is 23.1 Å². The van der Waals surface area contributed by atoms with Gasteiger partial charge in [-0.1, -0.05) is 6.92 Å². The Bertz CT molecular complexity index is 619. The van der Waals surface area contributed by atoms with Crippen LogP contribution in [0, 0.1) is 11.7 Å². The van der Waals surface area contributed by atoms with Gasteiger partial charge in [-0.3, -0.25) is 0 Å². The molecule has 1 atom stereocenters. The summed E-state index contributed by atoms with van der Waals surface area (Å²) in [6.45, 7) is 5.32. The second-order valence-corrected chi connectivity index (χ2v) is 7.55. The van der Waals surface area contributed by atoms with Gasteiger partial charge in [0.05, 0.1) is 18.1 Å². The first-order valence-corrected chi connectivity index (χ1v) is 9.71. The highest BCUT2D eigenvalue weighted by Crippen LogP contribution is 2.22. The number of benzene rings is 1. The summed E-state index contributed by atoms with van der Waals surface area (Å²) >= 11 is 0. The lowest BCUT2D eigenvalue weighted by Gasteiger charge is -2.12. The van der Waals surface area contributed by atoms with Crippen LogP contribution in [0.5, 0.6) is 5.75 Å². The highest BCUT2D eigenvalue weighted by Gasteiger charge is 2.19. The number of halogens is 1. The summed E-state index contributed by atoms with van der Waals surface area (Å²) in [6, 6.07) is 3.70. The molecule has 1 unspecified atom stereocenters. The van der Waals surface area contributed by atoms with E-state index in [4.69, 9.17) is 9.47 Å². The van der Waals surface area contributed by atoms with Crippen LogP contribution in [0.25, 0.3) is 0 Å². The summed E-state index contributed by atoms with van der Waals surface area (Å²) in [6.07, 6.45) is 1.87. The van der Waals surface area contributed by atoms with Gasteiger partial charge >= 0.3 is 0 Å². The SMILES string of the molecule is CCCNCCNS(=O)(=O)c1ccc(OCC2CCOC2)c(F)c1. The van der Waals surface area contributed by atoms with E-state index in [2.05, 4.69) is 10.0 Å². The minimum Gasteiger partial charge on any atom is -0.490 e. The zero-order valence-corrected chi connectivity index (χ0v) is 14.7. The van der Waals surface area contributed by atoms with Gasteiger partial charge in [-0.25, -0.2) is 17.5 Å². The maximum atomic E-state index is 14.1. The molecular weight excluding hydrogens is 335 g/mol. The molecule has 2 N–H and O–H groups in total. The third kappa shape index (κ3) is 5.70. The first kappa shape index (κ1) is 19.1. The Balaban J connectivity index is 1.89. The fraction of sp³-hybridized carbons (Fsp3) is 0.625. The monoisotopic (exact) mass is 360 g/mol. The number of rotatable bonds is 10. The van der Waals surface area contributed by atoms with Crippen LogP contribution in [-0.4, -0.2) is 47.9 Å². The van der Waals surface area contributed by atoms with Crippen molar-refractivity contribution in [3.05, 3.63) is 24.0 Å². The van der Waals surface area contributed by atoms with Crippen LogP contribution in [0.2, 0.25) is 0 Å². The average molecular weight is 360 g/mol. The van der Waals surface area contributed by atoms with Crippen molar-refractivity contribution in [2.75, 3.05) is 39.5 Å². The Labute approximate surface area is 142 Å². The van der Waals surface area contributed by atoms with Crippen LogP contribution < -0.4 is 14.8 Å². The molecule has 0 amide bonds. The Morgan fingerprint density at radius 3 is 2.83 bits per heavy atom. The van der Waals surface area contributed by atoms with E-state index >= 15 is 0 Å². The average Bonchev–Trinajstić information content (AvgIpc) is 3.07. The van der Waals surface area contributed by atoms with Gasteiger partial charge in [-0.2, -0.15) is 0 Å². The lowest BCUT2D eigenvalue weighted by Crippen LogP contribution is -2.32. The molecule has 1 aliphatic heterocycles. The van der Waals surface area contributed by atoms with E-state index in [0.29, 0.717) is 26.4 Å². The van der Waals surface area contributed by atoms with E-state index in [1.165, 1.54) is 12.1 Å². The molecule has 0 radical (unpaired) electrons. The number of sulfonamides is 1. The normalized spacial score (nSPS) is 18.0. The van der Waals surface area contributed by atoms with Gasteiger partial charge in [0, 0.05) is 25.6 Å². The quantitative estimate of drug-likeness (QED) is 0.619. The van der Waals surface area contributed by atoms with E-state index in [-0.39, 0.29) is 23.1 Å². The second kappa shape index (κ2) is 9.31. The molecule has 8 heteroatoms. The molecule has 0 spiro atoms. The van der Waals surface area contributed by atoms with E-state index in [1.54, 1.807) is 0 Å². The van der Waals surface area contributed by atoms with Crippen molar-refractivity contribution in [2.45, 2.75) is 24.7 Å². The Kier molecular flexibility index (Phi) is 7.41. The van der Waals surface area contributed by atoms with Crippen LogP contribution >= 0.6 is 0 Å². The summed E-state index contributed by atoms with van der Waals surface area (Å²) < 4.78 is 51.5. The summed E-state index contributed by atoms with van der Waals surface area (Å²) in [5.41, 5.74) is 0. The van der Waals surface area contributed by atoms with E-state index in [0.717, 1.165) is 25.5 Å². The molecule has 1 heterocycles. The smallest absolute Gasteiger partial charge is 0.240 e. The maximum Gasteiger partial charge on any atom is 0.240 e. The van der Waals surface area contributed by atoms with E-state index in [9.17, 15) is 12.8 Å². The van der Waals surface area contributed by atoms with Crippen molar-refractivity contribution < 1.29 is 22.3 Å². The highest BCUT2D eigenvalue weighted by molar-refractivity contribution is 7.89. The third-order valence-electron chi connectivity index (χ3n) is 3.73. The molecule has 0 aromatic heterocycles. The second-order valence-electron chi connectivity index (χ2n) is 5.78. The minimum atomic E-state index is -3.72. The molecule has 0 saturated carbocycles. The van der Waals surface area contributed by atoms with Crippen LogP contribution in [0.3, 0.4) is 0 Å². The molecule has 24 heavy (non-hydrogen) atoms. The minimum absolute atomic E-state index is 0.0606. The van der Waals surface area contributed by atoms with E-state index < -0.39 is 15.8 Å². The van der Waals surface area contributed by atoms with Gasteiger partial charge in [-0.05, 0) is 37.6 Å². The molecule has 1 aromatic rings. The lowest BCUT2D eigenvalue weighted by molar-refractivity contribution is 0.165. The fourth-order valence-corrected chi connectivity index (χ4v) is 3.39. The predicted molar refractivity (Wildman–Crippen MR) is 89.2 cm³/mol. The lowest BCUT2D eigenvalue weighted by atomic mass is 10.1. The fourth-order valence-electron chi connectivity index (χ4n) is 2.35. The summed E-state index contributed by atoms with van der Waals surface area (Å²) in [7, 11) is -3.72. The number of nitrogens with one attached hydrogen (secondary N) is 2. The first-order valence-electron chi connectivity index (χ1n) is 8.23.